The third kappa shape index (κ3) is 4.02. The first-order chi connectivity index (χ1) is 12.0. The van der Waals surface area contributed by atoms with Crippen LogP contribution in [0.25, 0.3) is 22.3 Å². The summed E-state index contributed by atoms with van der Waals surface area (Å²) in [5.41, 5.74) is 2.66. The average molecular weight is 592 g/mol. The lowest BCUT2D eigenvalue weighted by molar-refractivity contribution is 0.482. The van der Waals surface area contributed by atoms with Gasteiger partial charge in [0.2, 0.25) is 5.43 Å². The van der Waals surface area contributed by atoms with Crippen molar-refractivity contribution < 1.29 is 4.42 Å². The van der Waals surface area contributed by atoms with Crippen LogP contribution in [0, 0.1) is 0 Å². The molecule has 0 saturated carbocycles. The topological polar surface area (TPSA) is 30.2 Å². The number of halogens is 4. The van der Waals surface area contributed by atoms with E-state index in [0.29, 0.717) is 22.6 Å². The summed E-state index contributed by atoms with van der Waals surface area (Å²) in [6.45, 7) is 0. The summed E-state index contributed by atoms with van der Waals surface area (Å²) in [5.74, 6) is 1.07. The van der Waals surface area contributed by atoms with Gasteiger partial charge in [0.05, 0.1) is 11.1 Å². The zero-order valence-corrected chi connectivity index (χ0v) is 19.1. The molecule has 0 saturated heterocycles. The maximum atomic E-state index is 13.5. The number of hydrogen-bond donors (Lipinski definition) is 0. The Morgan fingerprint density at radius 2 is 1.00 bits per heavy atom. The predicted octanol–water partition coefficient (Wildman–Crippen LogP) is 7.55. The molecule has 0 fully saturated rings. The van der Waals surface area contributed by atoms with Gasteiger partial charge in [-0.05, 0) is 11.1 Å². The molecule has 0 amide bonds. The van der Waals surface area contributed by atoms with Gasteiger partial charge in [-0.2, -0.15) is 0 Å². The summed E-state index contributed by atoms with van der Waals surface area (Å²) in [4.78, 5) is 13.5. The van der Waals surface area contributed by atoms with Crippen molar-refractivity contribution in [2.45, 2.75) is 7.47 Å². The van der Waals surface area contributed by atoms with Crippen molar-refractivity contribution in [3.63, 3.8) is 0 Å². The SMILES string of the molecule is O=c1c(-c2ccccc2)c(C(Br)Br)oc(C(Br)Br)c1-c1ccccc1. The molecule has 25 heavy (non-hydrogen) atoms. The molecule has 0 aliphatic heterocycles. The van der Waals surface area contributed by atoms with E-state index in [9.17, 15) is 4.79 Å². The molecule has 0 spiro atoms. The Balaban J connectivity index is 2.41. The van der Waals surface area contributed by atoms with E-state index in [-0.39, 0.29) is 12.9 Å². The van der Waals surface area contributed by atoms with Crippen LogP contribution in [0.3, 0.4) is 0 Å². The minimum absolute atomic E-state index is 0.0681. The van der Waals surface area contributed by atoms with E-state index in [1.165, 1.54) is 0 Å². The predicted molar refractivity (Wildman–Crippen MR) is 117 cm³/mol. The molecule has 128 valence electrons. The van der Waals surface area contributed by atoms with Crippen molar-refractivity contribution in [3.05, 3.63) is 82.4 Å². The molecule has 0 N–H and O–H groups in total. The minimum atomic E-state index is -0.287. The third-order valence-corrected chi connectivity index (χ3v) is 5.35. The highest BCUT2D eigenvalue weighted by molar-refractivity contribution is 9.24. The molecule has 6 heteroatoms. The lowest BCUT2D eigenvalue weighted by atomic mass is 9.98. The fourth-order valence-electron chi connectivity index (χ4n) is 2.63. The van der Waals surface area contributed by atoms with Crippen LogP contribution >= 0.6 is 63.7 Å². The number of hydrogen-bond acceptors (Lipinski definition) is 2. The molecule has 0 aliphatic rings. The van der Waals surface area contributed by atoms with Crippen molar-refractivity contribution in [3.8, 4) is 22.3 Å². The highest BCUT2D eigenvalue weighted by Crippen LogP contribution is 2.42. The molecule has 0 aliphatic carbocycles. The van der Waals surface area contributed by atoms with Crippen LogP contribution in [0.1, 0.15) is 19.0 Å². The van der Waals surface area contributed by atoms with Gasteiger partial charge in [-0.15, -0.1) is 0 Å². The molecule has 2 aromatic carbocycles. The molecule has 3 rings (SSSR count). The van der Waals surface area contributed by atoms with Gasteiger partial charge < -0.3 is 4.42 Å². The fraction of sp³-hybridized carbons (Fsp3) is 0.105. The van der Waals surface area contributed by atoms with E-state index >= 15 is 0 Å². The van der Waals surface area contributed by atoms with Gasteiger partial charge in [-0.1, -0.05) is 124 Å². The maximum Gasteiger partial charge on any atom is 0.201 e. The standard InChI is InChI=1S/C19H12Br4O2/c20-18(21)16-13(11-7-3-1-4-8-11)15(24)14(17(25-16)19(22)23)12-9-5-2-6-10-12/h1-10,18-19H. The second-order valence-corrected chi connectivity index (χ2v) is 11.4. The Kier molecular flexibility index (Phi) is 6.36. The fourth-order valence-corrected chi connectivity index (χ4v) is 3.92. The van der Waals surface area contributed by atoms with Crippen LogP contribution in [0.4, 0.5) is 0 Å². The molecule has 0 bridgehead atoms. The third-order valence-electron chi connectivity index (χ3n) is 3.69. The monoisotopic (exact) mass is 588 g/mol. The zero-order valence-electron chi connectivity index (χ0n) is 12.8. The van der Waals surface area contributed by atoms with Gasteiger partial charge in [-0.25, -0.2) is 0 Å². The lowest BCUT2D eigenvalue weighted by Gasteiger charge is -2.16. The number of benzene rings is 2. The van der Waals surface area contributed by atoms with Gasteiger partial charge in [0.25, 0.3) is 0 Å². The van der Waals surface area contributed by atoms with Crippen LogP contribution in [0.2, 0.25) is 0 Å². The summed E-state index contributed by atoms with van der Waals surface area (Å²) in [6, 6.07) is 19.1. The van der Waals surface area contributed by atoms with E-state index < -0.39 is 0 Å². The van der Waals surface area contributed by atoms with Crippen LogP contribution in [-0.2, 0) is 0 Å². The van der Waals surface area contributed by atoms with Gasteiger partial charge in [0, 0.05) is 0 Å². The first-order valence-electron chi connectivity index (χ1n) is 7.38. The summed E-state index contributed by atoms with van der Waals surface area (Å²) >= 11 is 13.9. The van der Waals surface area contributed by atoms with Crippen LogP contribution in [0.5, 0.6) is 0 Å². The molecule has 1 heterocycles. The van der Waals surface area contributed by atoms with Crippen LogP contribution in [-0.4, -0.2) is 0 Å². The molecule has 0 atom stereocenters. The maximum absolute atomic E-state index is 13.5. The second-order valence-electron chi connectivity index (χ2n) is 5.24. The molecule has 3 aromatic rings. The smallest absolute Gasteiger partial charge is 0.201 e. The summed E-state index contributed by atoms with van der Waals surface area (Å²) in [6.07, 6.45) is 0. The first kappa shape index (κ1) is 19.1. The number of rotatable bonds is 4. The number of alkyl halides is 4. The molecule has 0 unspecified atom stereocenters. The highest BCUT2D eigenvalue weighted by Gasteiger charge is 2.26. The Labute approximate surface area is 179 Å². The van der Waals surface area contributed by atoms with Crippen molar-refractivity contribution in [1.29, 1.82) is 0 Å². The Morgan fingerprint density at radius 3 is 1.32 bits per heavy atom. The van der Waals surface area contributed by atoms with E-state index in [1.807, 2.05) is 60.7 Å². The second kappa shape index (κ2) is 8.33. The van der Waals surface area contributed by atoms with E-state index in [2.05, 4.69) is 63.7 Å². The molecule has 2 nitrogen and oxygen atoms in total. The van der Waals surface area contributed by atoms with Gasteiger partial charge in [0.15, 0.2) is 0 Å². The first-order valence-corrected chi connectivity index (χ1v) is 11.0. The quantitative estimate of drug-likeness (QED) is 0.293. The Hall–Kier alpha value is -0.690. The Bertz CT molecular complexity index is 847. The molecular formula is C19H12Br4O2. The zero-order chi connectivity index (χ0) is 18.0. The van der Waals surface area contributed by atoms with E-state index in [1.54, 1.807) is 0 Å². The summed E-state index contributed by atoms with van der Waals surface area (Å²) in [7, 11) is 0. The van der Waals surface area contributed by atoms with E-state index in [0.717, 1.165) is 11.1 Å². The van der Waals surface area contributed by atoms with E-state index in [4.69, 9.17) is 4.42 Å². The van der Waals surface area contributed by atoms with Crippen molar-refractivity contribution in [2.75, 3.05) is 0 Å². The average Bonchev–Trinajstić information content (AvgIpc) is 2.62. The van der Waals surface area contributed by atoms with Gasteiger partial charge in [0.1, 0.15) is 19.0 Å². The van der Waals surface area contributed by atoms with Crippen molar-refractivity contribution in [2.24, 2.45) is 0 Å². The highest BCUT2D eigenvalue weighted by atomic mass is 79.9. The van der Waals surface area contributed by atoms with Crippen molar-refractivity contribution >= 4 is 63.7 Å². The molecule has 1 aromatic heterocycles. The molecule has 0 radical (unpaired) electrons. The largest absolute Gasteiger partial charge is 0.460 e. The Morgan fingerprint density at radius 1 is 0.640 bits per heavy atom. The lowest BCUT2D eigenvalue weighted by Crippen LogP contribution is -2.14. The summed E-state index contributed by atoms with van der Waals surface area (Å²) < 4.78 is 5.59. The van der Waals surface area contributed by atoms with Crippen LogP contribution < -0.4 is 5.43 Å². The summed E-state index contributed by atoms with van der Waals surface area (Å²) in [5, 5.41) is 0. The van der Waals surface area contributed by atoms with Crippen LogP contribution in [0.15, 0.2) is 69.9 Å². The van der Waals surface area contributed by atoms with Gasteiger partial charge >= 0.3 is 0 Å². The molecular weight excluding hydrogens is 580 g/mol. The van der Waals surface area contributed by atoms with Crippen molar-refractivity contribution in [1.82, 2.24) is 0 Å². The minimum Gasteiger partial charge on any atom is -0.460 e. The normalized spacial score (nSPS) is 11.3. The van der Waals surface area contributed by atoms with Gasteiger partial charge in [-0.3, -0.25) is 4.79 Å².